The first-order chi connectivity index (χ1) is 10.1. The number of hydrogen-bond acceptors (Lipinski definition) is 5. The highest BCUT2D eigenvalue weighted by Gasteiger charge is 2.15. The molecule has 0 aliphatic carbocycles. The van der Waals surface area contributed by atoms with Crippen molar-refractivity contribution in [1.29, 1.82) is 5.26 Å². The van der Waals surface area contributed by atoms with Crippen LogP contribution < -0.4 is 9.47 Å². The van der Waals surface area contributed by atoms with Gasteiger partial charge in [0, 0.05) is 4.88 Å². The molecule has 0 atom stereocenters. The zero-order valence-electron chi connectivity index (χ0n) is 11.3. The molecule has 0 amide bonds. The lowest BCUT2D eigenvalue weighted by molar-refractivity contribution is 0.0697. The highest BCUT2D eigenvalue weighted by Crippen LogP contribution is 2.28. The van der Waals surface area contributed by atoms with Gasteiger partial charge in [0.25, 0.3) is 0 Å². The van der Waals surface area contributed by atoms with Crippen molar-refractivity contribution in [2.75, 3.05) is 13.2 Å². The summed E-state index contributed by atoms with van der Waals surface area (Å²) in [7, 11) is 0. The molecule has 0 fully saturated rings. The summed E-state index contributed by atoms with van der Waals surface area (Å²) in [6.07, 6.45) is 0. The fraction of sp³-hybridized carbons (Fsp3) is 0.200. The Morgan fingerprint density at radius 2 is 1.95 bits per heavy atom. The number of aryl methyl sites for hydroxylation is 1. The highest BCUT2D eigenvalue weighted by molar-refractivity contribution is 7.14. The number of rotatable bonds is 6. The van der Waals surface area contributed by atoms with Crippen molar-refractivity contribution in [3.8, 4) is 17.6 Å². The molecule has 21 heavy (non-hydrogen) atoms. The van der Waals surface area contributed by atoms with E-state index in [0.29, 0.717) is 23.7 Å². The van der Waals surface area contributed by atoms with Crippen molar-refractivity contribution in [1.82, 2.24) is 0 Å². The molecule has 1 aromatic carbocycles. The van der Waals surface area contributed by atoms with Gasteiger partial charge in [0.2, 0.25) is 0 Å². The van der Waals surface area contributed by atoms with Crippen LogP contribution in [0, 0.1) is 18.3 Å². The first-order valence-electron chi connectivity index (χ1n) is 6.19. The Bertz CT molecular complexity index is 670. The van der Waals surface area contributed by atoms with Crippen molar-refractivity contribution < 1.29 is 19.4 Å². The average molecular weight is 303 g/mol. The van der Waals surface area contributed by atoms with E-state index in [1.165, 1.54) is 11.3 Å². The molecule has 1 heterocycles. The summed E-state index contributed by atoms with van der Waals surface area (Å²) in [6.45, 7) is 2.37. The SMILES string of the molecule is Cc1cc(OCCOc2ccc(C#N)cc2)c(C(=O)O)s1. The van der Waals surface area contributed by atoms with Crippen LogP contribution in [0.5, 0.6) is 11.5 Å². The third-order valence-corrected chi connectivity index (χ3v) is 3.63. The normalized spacial score (nSPS) is 9.90. The van der Waals surface area contributed by atoms with Gasteiger partial charge in [0.15, 0.2) is 4.88 Å². The highest BCUT2D eigenvalue weighted by atomic mass is 32.1. The molecule has 6 heteroatoms. The molecular formula is C15H13NO4S. The number of carboxylic acids is 1. The second kappa shape index (κ2) is 6.77. The van der Waals surface area contributed by atoms with Gasteiger partial charge in [0.05, 0.1) is 11.6 Å². The second-order valence-corrected chi connectivity index (χ2v) is 5.45. The van der Waals surface area contributed by atoms with Crippen molar-refractivity contribution in [2.24, 2.45) is 0 Å². The van der Waals surface area contributed by atoms with Crippen LogP contribution in [-0.2, 0) is 0 Å². The van der Waals surface area contributed by atoms with E-state index < -0.39 is 5.97 Å². The van der Waals surface area contributed by atoms with Gasteiger partial charge in [-0.25, -0.2) is 4.79 Å². The van der Waals surface area contributed by atoms with Crippen LogP contribution in [0.25, 0.3) is 0 Å². The van der Waals surface area contributed by atoms with E-state index in [-0.39, 0.29) is 11.5 Å². The summed E-state index contributed by atoms with van der Waals surface area (Å²) in [5.41, 5.74) is 0.568. The molecule has 2 rings (SSSR count). The molecule has 1 aromatic heterocycles. The number of aromatic carboxylic acids is 1. The van der Waals surface area contributed by atoms with Crippen molar-refractivity contribution in [2.45, 2.75) is 6.92 Å². The Kier molecular flexibility index (Phi) is 4.80. The minimum atomic E-state index is -0.990. The lowest BCUT2D eigenvalue weighted by Crippen LogP contribution is -2.10. The molecule has 0 bridgehead atoms. The number of nitrogens with zero attached hydrogens (tertiary/aromatic N) is 1. The maximum Gasteiger partial charge on any atom is 0.349 e. The molecule has 0 unspecified atom stereocenters. The van der Waals surface area contributed by atoms with E-state index in [4.69, 9.17) is 19.8 Å². The molecule has 1 N–H and O–H groups in total. The Balaban J connectivity index is 1.84. The first-order valence-corrected chi connectivity index (χ1v) is 7.01. The van der Waals surface area contributed by atoms with Gasteiger partial charge in [-0.05, 0) is 37.3 Å². The van der Waals surface area contributed by atoms with Crippen LogP contribution in [0.15, 0.2) is 30.3 Å². The molecule has 0 saturated heterocycles. The van der Waals surface area contributed by atoms with Crippen molar-refractivity contribution in [3.63, 3.8) is 0 Å². The molecule has 0 aliphatic rings. The van der Waals surface area contributed by atoms with Gasteiger partial charge in [0.1, 0.15) is 24.7 Å². The van der Waals surface area contributed by atoms with Crippen LogP contribution in [-0.4, -0.2) is 24.3 Å². The Labute approximate surface area is 126 Å². The maximum absolute atomic E-state index is 11.0. The standard InChI is InChI=1S/C15H13NO4S/c1-10-8-13(14(21-10)15(17)18)20-7-6-19-12-4-2-11(9-16)3-5-12/h2-5,8H,6-7H2,1H3,(H,17,18). The third-order valence-electron chi connectivity index (χ3n) is 2.61. The molecule has 108 valence electrons. The minimum absolute atomic E-state index is 0.200. The number of carbonyl (C=O) groups is 1. The van der Waals surface area contributed by atoms with E-state index in [0.717, 1.165) is 4.88 Å². The predicted molar refractivity (Wildman–Crippen MR) is 78.2 cm³/mol. The summed E-state index contributed by atoms with van der Waals surface area (Å²) < 4.78 is 10.9. The van der Waals surface area contributed by atoms with Crippen LogP contribution in [0.1, 0.15) is 20.1 Å². The first kappa shape index (κ1) is 14.9. The van der Waals surface area contributed by atoms with E-state index in [1.54, 1.807) is 30.3 Å². The predicted octanol–water partition coefficient (Wildman–Crippen LogP) is 3.08. The summed E-state index contributed by atoms with van der Waals surface area (Å²) >= 11 is 1.18. The summed E-state index contributed by atoms with van der Waals surface area (Å²) in [5, 5.41) is 17.7. The fourth-order valence-corrected chi connectivity index (χ4v) is 2.48. The van der Waals surface area contributed by atoms with Crippen molar-refractivity contribution >= 4 is 17.3 Å². The molecule has 0 spiro atoms. The maximum atomic E-state index is 11.0. The molecule has 0 radical (unpaired) electrons. The lowest BCUT2D eigenvalue weighted by atomic mass is 10.2. The summed E-state index contributed by atoms with van der Waals surface area (Å²) in [6, 6.07) is 10.5. The Hall–Kier alpha value is -2.52. The number of thiophene rings is 1. The number of ether oxygens (including phenoxy) is 2. The zero-order valence-corrected chi connectivity index (χ0v) is 12.1. The number of nitriles is 1. The van der Waals surface area contributed by atoms with Crippen LogP contribution in [0.3, 0.4) is 0 Å². The Morgan fingerprint density at radius 3 is 2.57 bits per heavy atom. The van der Waals surface area contributed by atoms with Gasteiger partial charge in [-0.15, -0.1) is 11.3 Å². The zero-order chi connectivity index (χ0) is 15.2. The molecule has 0 aliphatic heterocycles. The number of hydrogen-bond donors (Lipinski definition) is 1. The van der Waals surface area contributed by atoms with Crippen molar-refractivity contribution in [3.05, 3.63) is 45.6 Å². The van der Waals surface area contributed by atoms with Crippen LogP contribution >= 0.6 is 11.3 Å². The molecule has 0 saturated carbocycles. The molecule has 5 nitrogen and oxygen atoms in total. The average Bonchev–Trinajstić information content (AvgIpc) is 2.85. The van der Waals surface area contributed by atoms with Gasteiger partial charge in [-0.1, -0.05) is 0 Å². The fourth-order valence-electron chi connectivity index (χ4n) is 1.68. The van der Waals surface area contributed by atoms with E-state index >= 15 is 0 Å². The topological polar surface area (TPSA) is 79.5 Å². The van der Waals surface area contributed by atoms with Gasteiger partial charge >= 0.3 is 5.97 Å². The van der Waals surface area contributed by atoms with Gasteiger partial charge < -0.3 is 14.6 Å². The lowest BCUT2D eigenvalue weighted by Gasteiger charge is -2.08. The smallest absolute Gasteiger partial charge is 0.349 e. The Morgan fingerprint density at radius 1 is 1.29 bits per heavy atom. The largest absolute Gasteiger partial charge is 0.490 e. The summed E-state index contributed by atoms with van der Waals surface area (Å²) in [5.74, 6) is 0.0158. The van der Waals surface area contributed by atoms with E-state index in [9.17, 15) is 4.79 Å². The second-order valence-electron chi connectivity index (χ2n) is 4.19. The van der Waals surface area contributed by atoms with Gasteiger partial charge in [-0.2, -0.15) is 5.26 Å². The van der Waals surface area contributed by atoms with Crippen LogP contribution in [0.4, 0.5) is 0 Å². The van der Waals surface area contributed by atoms with Gasteiger partial charge in [-0.3, -0.25) is 0 Å². The van der Waals surface area contributed by atoms with E-state index in [2.05, 4.69) is 0 Å². The quantitative estimate of drug-likeness (QED) is 0.829. The van der Waals surface area contributed by atoms with Crippen LogP contribution in [0.2, 0.25) is 0 Å². The molecular weight excluding hydrogens is 290 g/mol. The molecule has 2 aromatic rings. The van der Waals surface area contributed by atoms with E-state index in [1.807, 2.05) is 13.0 Å². The summed E-state index contributed by atoms with van der Waals surface area (Å²) in [4.78, 5) is 12.1. The number of benzene rings is 1. The monoisotopic (exact) mass is 303 g/mol. The minimum Gasteiger partial charge on any atom is -0.490 e. The third kappa shape index (κ3) is 3.97. The number of carboxylic acid groups (broad SMARTS) is 1.